The van der Waals surface area contributed by atoms with Crippen molar-refractivity contribution in [2.24, 2.45) is 0 Å². The summed E-state index contributed by atoms with van der Waals surface area (Å²) in [4.78, 5) is 4.30. The van der Waals surface area contributed by atoms with Crippen molar-refractivity contribution >= 4 is 22.9 Å². The number of nitrogens with zero attached hydrogens (tertiary/aromatic N) is 1. The first-order chi connectivity index (χ1) is 10.2. The highest BCUT2D eigenvalue weighted by atomic mass is 35.5. The van der Waals surface area contributed by atoms with E-state index in [0.29, 0.717) is 10.1 Å². The average molecular weight is 327 g/mol. The molecule has 2 atom stereocenters. The molecule has 0 radical (unpaired) electrons. The number of rotatable bonds is 4. The third-order valence-corrected chi connectivity index (χ3v) is 4.68. The normalized spacial score (nSPS) is 20.9. The largest absolute Gasteiger partial charge is 0.483 e. The minimum atomic E-state index is -0.239. The molecule has 6 heteroatoms. The summed E-state index contributed by atoms with van der Waals surface area (Å²) in [5.74, 6) is 0.476. The molecule has 3 rings (SSSR count). The van der Waals surface area contributed by atoms with Crippen molar-refractivity contribution in [1.29, 1.82) is 0 Å². The van der Waals surface area contributed by atoms with Crippen LogP contribution in [0.25, 0.3) is 0 Å². The molecule has 0 spiro atoms. The summed E-state index contributed by atoms with van der Waals surface area (Å²) in [7, 11) is 0. The van der Waals surface area contributed by atoms with E-state index >= 15 is 0 Å². The molecule has 0 fully saturated rings. The highest BCUT2D eigenvalue weighted by Gasteiger charge is 2.31. The number of ether oxygens (including phenoxy) is 1. The van der Waals surface area contributed by atoms with Gasteiger partial charge in [-0.05, 0) is 31.2 Å². The average Bonchev–Trinajstić information content (AvgIpc) is 2.91. The highest BCUT2D eigenvalue weighted by molar-refractivity contribution is 7.15. The molecule has 1 aliphatic heterocycles. The quantitative estimate of drug-likeness (QED) is 0.898. The van der Waals surface area contributed by atoms with Gasteiger partial charge in [0.1, 0.15) is 20.9 Å². The molecule has 0 bridgehead atoms. The summed E-state index contributed by atoms with van der Waals surface area (Å²) in [6.07, 6.45) is 3.24. The fourth-order valence-corrected chi connectivity index (χ4v) is 3.49. The Morgan fingerprint density at radius 3 is 3.10 bits per heavy atom. The number of fused-ring (bicyclic) bond motifs is 1. The molecule has 2 aromatic rings. The van der Waals surface area contributed by atoms with Gasteiger partial charge in [0.2, 0.25) is 0 Å². The molecule has 2 heterocycles. The van der Waals surface area contributed by atoms with Gasteiger partial charge >= 0.3 is 0 Å². The minimum absolute atomic E-state index is 0.0667. The molecule has 1 aromatic carbocycles. The van der Waals surface area contributed by atoms with Crippen molar-refractivity contribution in [1.82, 2.24) is 10.3 Å². The van der Waals surface area contributed by atoms with Gasteiger partial charge < -0.3 is 10.1 Å². The predicted octanol–water partition coefficient (Wildman–Crippen LogP) is 4.50. The van der Waals surface area contributed by atoms with E-state index < -0.39 is 0 Å². The van der Waals surface area contributed by atoms with E-state index in [1.165, 1.54) is 17.4 Å². The molecule has 0 saturated heterocycles. The Balaban J connectivity index is 1.90. The van der Waals surface area contributed by atoms with Gasteiger partial charge in [-0.25, -0.2) is 9.37 Å². The van der Waals surface area contributed by atoms with Gasteiger partial charge in [0, 0.05) is 18.0 Å². The number of nitrogens with one attached hydrogen (secondary N) is 1. The lowest BCUT2D eigenvalue weighted by Crippen LogP contribution is -2.29. The van der Waals surface area contributed by atoms with Crippen molar-refractivity contribution in [3.63, 3.8) is 0 Å². The molecule has 3 nitrogen and oxygen atoms in total. The van der Waals surface area contributed by atoms with E-state index in [1.807, 2.05) is 0 Å². The zero-order chi connectivity index (χ0) is 14.8. The molecule has 112 valence electrons. The second-order valence-corrected chi connectivity index (χ2v) is 6.73. The van der Waals surface area contributed by atoms with E-state index in [-0.39, 0.29) is 18.0 Å². The number of halogens is 2. The molecule has 0 aliphatic carbocycles. The predicted molar refractivity (Wildman–Crippen MR) is 82.5 cm³/mol. The Kier molecular flexibility index (Phi) is 4.42. The minimum Gasteiger partial charge on any atom is -0.483 e. The van der Waals surface area contributed by atoms with Crippen LogP contribution in [0, 0.1) is 5.82 Å². The lowest BCUT2D eigenvalue weighted by molar-refractivity contribution is 0.151. The van der Waals surface area contributed by atoms with Gasteiger partial charge in [0.15, 0.2) is 6.10 Å². The SMILES string of the molecule is CCCNC1CC(c2ncc(Cl)s2)Oc2ccc(F)cc21. The monoisotopic (exact) mass is 326 g/mol. The van der Waals surface area contributed by atoms with Crippen LogP contribution in [0.3, 0.4) is 0 Å². The molecule has 0 amide bonds. The zero-order valence-corrected chi connectivity index (χ0v) is 13.2. The number of aromatic nitrogens is 1. The molecule has 1 aromatic heterocycles. The van der Waals surface area contributed by atoms with E-state index in [0.717, 1.165) is 30.0 Å². The van der Waals surface area contributed by atoms with Crippen LogP contribution in [-0.2, 0) is 0 Å². The van der Waals surface area contributed by atoms with E-state index in [2.05, 4.69) is 17.2 Å². The van der Waals surface area contributed by atoms with E-state index in [9.17, 15) is 4.39 Å². The van der Waals surface area contributed by atoms with Crippen molar-refractivity contribution in [2.75, 3.05) is 6.54 Å². The summed E-state index contributed by atoms with van der Waals surface area (Å²) in [5.41, 5.74) is 0.877. The molecular formula is C15H16ClFN2OS. The van der Waals surface area contributed by atoms with Gasteiger partial charge in [0.25, 0.3) is 0 Å². The van der Waals surface area contributed by atoms with Crippen LogP contribution in [0.4, 0.5) is 4.39 Å². The van der Waals surface area contributed by atoms with Crippen molar-refractivity contribution in [2.45, 2.75) is 31.9 Å². The number of thiazole rings is 1. The zero-order valence-electron chi connectivity index (χ0n) is 11.6. The third kappa shape index (κ3) is 3.20. The second-order valence-electron chi connectivity index (χ2n) is 5.03. The van der Waals surface area contributed by atoms with E-state index in [4.69, 9.17) is 16.3 Å². The van der Waals surface area contributed by atoms with Gasteiger partial charge in [-0.15, -0.1) is 11.3 Å². The molecular weight excluding hydrogens is 311 g/mol. The fraction of sp³-hybridized carbons (Fsp3) is 0.400. The second kappa shape index (κ2) is 6.30. The Labute approximate surface area is 132 Å². The Bertz CT molecular complexity index is 634. The number of hydrogen-bond acceptors (Lipinski definition) is 4. The van der Waals surface area contributed by atoms with Gasteiger partial charge in [-0.3, -0.25) is 0 Å². The van der Waals surface area contributed by atoms with Gasteiger partial charge in [0.05, 0.1) is 6.20 Å². The molecule has 21 heavy (non-hydrogen) atoms. The maximum atomic E-state index is 13.5. The lowest BCUT2D eigenvalue weighted by atomic mass is 9.96. The summed E-state index contributed by atoms with van der Waals surface area (Å²) >= 11 is 7.38. The molecule has 1 aliphatic rings. The van der Waals surface area contributed by atoms with Gasteiger partial charge in [-0.2, -0.15) is 0 Å². The van der Waals surface area contributed by atoms with Crippen molar-refractivity contribution in [3.8, 4) is 5.75 Å². The molecule has 2 unspecified atom stereocenters. The Morgan fingerprint density at radius 1 is 1.52 bits per heavy atom. The lowest BCUT2D eigenvalue weighted by Gasteiger charge is -2.32. The van der Waals surface area contributed by atoms with Crippen LogP contribution in [0.1, 0.15) is 42.5 Å². The maximum absolute atomic E-state index is 13.5. The fourth-order valence-electron chi connectivity index (χ4n) is 2.52. The van der Waals surface area contributed by atoms with Crippen LogP contribution < -0.4 is 10.1 Å². The van der Waals surface area contributed by atoms with Crippen LogP contribution in [0.5, 0.6) is 5.75 Å². The third-order valence-electron chi connectivity index (χ3n) is 3.48. The number of hydrogen-bond donors (Lipinski definition) is 1. The highest BCUT2D eigenvalue weighted by Crippen LogP contribution is 2.42. The number of benzene rings is 1. The van der Waals surface area contributed by atoms with Gasteiger partial charge in [-0.1, -0.05) is 18.5 Å². The Morgan fingerprint density at radius 2 is 2.38 bits per heavy atom. The first-order valence-corrected chi connectivity index (χ1v) is 8.17. The smallest absolute Gasteiger partial charge is 0.152 e. The molecule has 0 saturated carbocycles. The summed E-state index contributed by atoms with van der Waals surface area (Å²) in [6, 6.07) is 4.73. The standard InChI is InChI=1S/C15H16ClFN2OS/c1-2-5-18-11-7-13(15-19-8-14(16)21-15)20-12-4-3-9(17)6-10(11)12/h3-4,6,8,11,13,18H,2,5,7H2,1H3. The summed E-state index contributed by atoms with van der Waals surface area (Å²) in [5, 5.41) is 4.32. The van der Waals surface area contributed by atoms with Crippen LogP contribution in [0.2, 0.25) is 4.34 Å². The first kappa shape index (κ1) is 14.8. The topological polar surface area (TPSA) is 34.2 Å². The van der Waals surface area contributed by atoms with Crippen LogP contribution in [0.15, 0.2) is 24.4 Å². The first-order valence-electron chi connectivity index (χ1n) is 6.98. The van der Waals surface area contributed by atoms with Crippen LogP contribution >= 0.6 is 22.9 Å². The van der Waals surface area contributed by atoms with Crippen molar-refractivity contribution in [3.05, 3.63) is 45.1 Å². The summed E-state index contributed by atoms with van der Waals surface area (Å²) in [6.45, 7) is 2.99. The molecule has 1 N–H and O–H groups in total. The van der Waals surface area contributed by atoms with Crippen molar-refractivity contribution < 1.29 is 9.13 Å². The van der Waals surface area contributed by atoms with E-state index in [1.54, 1.807) is 18.3 Å². The maximum Gasteiger partial charge on any atom is 0.152 e. The Hall–Kier alpha value is -1.17. The van der Waals surface area contributed by atoms with Crippen LogP contribution in [-0.4, -0.2) is 11.5 Å². The summed E-state index contributed by atoms with van der Waals surface area (Å²) < 4.78 is 20.1.